The van der Waals surface area contributed by atoms with E-state index in [2.05, 4.69) is 6.58 Å². The average Bonchev–Trinajstić information content (AvgIpc) is 2.46. The van der Waals surface area contributed by atoms with Crippen molar-refractivity contribution < 1.29 is 9.59 Å². The van der Waals surface area contributed by atoms with E-state index >= 15 is 0 Å². The summed E-state index contributed by atoms with van der Waals surface area (Å²) >= 11 is 0. The first kappa shape index (κ1) is 16.9. The molecule has 0 saturated carbocycles. The molecule has 1 saturated heterocycles. The lowest BCUT2D eigenvalue weighted by atomic mass is 9.93. The Balaban J connectivity index is 2.31. The number of piperidine rings is 1. The maximum Gasteiger partial charge on any atom is 0.223 e. The zero-order valence-corrected chi connectivity index (χ0v) is 12.9. The van der Waals surface area contributed by atoms with Crippen LogP contribution in [-0.4, -0.2) is 29.7 Å². The molecule has 1 heterocycles. The zero-order chi connectivity index (χ0) is 14.8. The fourth-order valence-electron chi connectivity index (χ4n) is 2.79. The molecule has 0 aromatic heterocycles. The molecule has 0 N–H and O–H groups in total. The molecular formula is C17H29NO2. The van der Waals surface area contributed by atoms with Gasteiger partial charge in [-0.15, -0.1) is 6.58 Å². The second kappa shape index (κ2) is 9.73. The minimum absolute atomic E-state index is 0.0758. The third-order valence-electron chi connectivity index (χ3n) is 4.17. The molecule has 3 nitrogen and oxygen atoms in total. The summed E-state index contributed by atoms with van der Waals surface area (Å²) < 4.78 is 0. The van der Waals surface area contributed by atoms with Gasteiger partial charge in [-0.05, 0) is 45.4 Å². The van der Waals surface area contributed by atoms with Gasteiger partial charge in [0.05, 0.1) is 0 Å². The van der Waals surface area contributed by atoms with E-state index in [0.29, 0.717) is 6.42 Å². The van der Waals surface area contributed by atoms with E-state index < -0.39 is 0 Å². The largest absolute Gasteiger partial charge is 0.343 e. The standard InChI is InChI=1S/C17H29NO2/c1-3-4-5-6-8-11-16(15(2)19)14-17(20)18-12-9-7-10-13-18/h3,16H,1,4-14H2,2H3/t16-/m1/s1. The number of rotatable bonds is 9. The number of allylic oxidation sites excluding steroid dienone is 1. The van der Waals surface area contributed by atoms with Crippen LogP contribution in [0.3, 0.4) is 0 Å². The van der Waals surface area contributed by atoms with Crippen LogP contribution in [0.2, 0.25) is 0 Å². The molecule has 20 heavy (non-hydrogen) atoms. The molecule has 0 spiro atoms. The van der Waals surface area contributed by atoms with Gasteiger partial charge < -0.3 is 4.90 Å². The summed E-state index contributed by atoms with van der Waals surface area (Å²) in [7, 11) is 0. The Morgan fingerprint density at radius 3 is 2.45 bits per heavy atom. The number of carbonyl (C=O) groups is 2. The van der Waals surface area contributed by atoms with E-state index in [-0.39, 0.29) is 17.6 Å². The molecule has 0 bridgehead atoms. The molecule has 0 radical (unpaired) electrons. The molecule has 0 aromatic carbocycles. The zero-order valence-electron chi connectivity index (χ0n) is 12.9. The van der Waals surface area contributed by atoms with Crippen LogP contribution in [0.25, 0.3) is 0 Å². The molecule has 1 rings (SSSR count). The van der Waals surface area contributed by atoms with Crippen molar-refractivity contribution in [3.63, 3.8) is 0 Å². The average molecular weight is 279 g/mol. The number of carbonyl (C=O) groups excluding carboxylic acids is 2. The van der Waals surface area contributed by atoms with Crippen molar-refractivity contribution in [2.24, 2.45) is 5.92 Å². The summed E-state index contributed by atoms with van der Waals surface area (Å²) in [6.07, 6.45) is 11.0. The van der Waals surface area contributed by atoms with Crippen LogP contribution in [0, 0.1) is 5.92 Å². The Kier molecular flexibility index (Phi) is 8.24. The van der Waals surface area contributed by atoms with Gasteiger partial charge in [0, 0.05) is 25.4 Å². The number of amides is 1. The number of unbranched alkanes of at least 4 members (excludes halogenated alkanes) is 3. The Bertz CT molecular complexity index is 319. The Morgan fingerprint density at radius 2 is 1.85 bits per heavy atom. The van der Waals surface area contributed by atoms with Crippen molar-refractivity contribution in [3.05, 3.63) is 12.7 Å². The monoisotopic (exact) mass is 279 g/mol. The number of Topliss-reactive ketones (excluding diaryl/α,β-unsaturated/α-hetero) is 1. The lowest BCUT2D eigenvalue weighted by Crippen LogP contribution is -2.37. The van der Waals surface area contributed by atoms with E-state index in [0.717, 1.165) is 58.0 Å². The number of hydrogen-bond donors (Lipinski definition) is 0. The molecule has 1 fully saturated rings. The van der Waals surface area contributed by atoms with Crippen LogP contribution in [0.1, 0.15) is 64.7 Å². The molecule has 1 aliphatic rings. The minimum atomic E-state index is -0.0758. The van der Waals surface area contributed by atoms with E-state index in [9.17, 15) is 9.59 Å². The first-order valence-electron chi connectivity index (χ1n) is 8.04. The van der Waals surface area contributed by atoms with Gasteiger partial charge in [0.1, 0.15) is 5.78 Å². The molecular weight excluding hydrogens is 250 g/mol. The second-order valence-corrected chi connectivity index (χ2v) is 5.88. The summed E-state index contributed by atoms with van der Waals surface area (Å²) in [5.41, 5.74) is 0. The predicted molar refractivity (Wildman–Crippen MR) is 82.5 cm³/mol. The third kappa shape index (κ3) is 6.36. The summed E-state index contributed by atoms with van der Waals surface area (Å²) in [6, 6.07) is 0. The first-order chi connectivity index (χ1) is 9.65. The smallest absolute Gasteiger partial charge is 0.223 e. The summed E-state index contributed by atoms with van der Waals surface area (Å²) in [5.74, 6) is 0.267. The fraction of sp³-hybridized carbons (Fsp3) is 0.765. The van der Waals surface area contributed by atoms with Crippen molar-refractivity contribution in [3.8, 4) is 0 Å². The Hall–Kier alpha value is -1.12. The molecule has 114 valence electrons. The lowest BCUT2D eigenvalue weighted by molar-refractivity contribution is -0.136. The van der Waals surface area contributed by atoms with Crippen LogP contribution >= 0.6 is 0 Å². The molecule has 0 unspecified atom stereocenters. The third-order valence-corrected chi connectivity index (χ3v) is 4.17. The normalized spacial score (nSPS) is 16.8. The Labute approximate surface area is 123 Å². The van der Waals surface area contributed by atoms with Gasteiger partial charge in [-0.3, -0.25) is 9.59 Å². The highest BCUT2D eigenvalue weighted by atomic mass is 16.2. The number of likely N-dealkylation sites (tertiary alicyclic amines) is 1. The predicted octanol–water partition coefficient (Wildman–Crippen LogP) is 3.73. The van der Waals surface area contributed by atoms with Gasteiger partial charge in [0.15, 0.2) is 0 Å². The van der Waals surface area contributed by atoms with Gasteiger partial charge in [0.25, 0.3) is 0 Å². The van der Waals surface area contributed by atoms with E-state index in [1.54, 1.807) is 6.92 Å². The molecule has 1 aliphatic heterocycles. The second-order valence-electron chi connectivity index (χ2n) is 5.88. The van der Waals surface area contributed by atoms with Crippen molar-refractivity contribution in [2.75, 3.05) is 13.1 Å². The van der Waals surface area contributed by atoms with E-state index in [1.807, 2.05) is 11.0 Å². The van der Waals surface area contributed by atoms with Crippen LogP contribution in [0.15, 0.2) is 12.7 Å². The van der Waals surface area contributed by atoms with Gasteiger partial charge in [-0.2, -0.15) is 0 Å². The van der Waals surface area contributed by atoms with E-state index in [4.69, 9.17) is 0 Å². The molecule has 0 aliphatic carbocycles. The van der Waals surface area contributed by atoms with Crippen molar-refractivity contribution in [2.45, 2.75) is 64.7 Å². The number of ketones is 1. The first-order valence-corrected chi connectivity index (χ1v) is 8.04. The van der Waals surface area contributed by atoms with Gasteiger partial charge in [-0.1, -0.05) is 18.9 Å². The van der Waals surface area contributed by atoms with Gasteiger partial charge in [-0.25, -0.2) is 0 Å². The molecule has 1 amide bonds. The summed E-state index contributed by atoms with van der Waals surface area (Å²) in [6.45, 7) is 7.09. The van der Waals surface area contributed by atoms with Crippen molar-refractivity contribution >= 4 is 11.7 Å². The van der Waals surface area contributed by atoms with Crippen LogP contribution in [-0.2, 0) is 9.59 Å². The minimum Gasteiger partial charge on any atom is -0.343 e. The van der Waals surface area contributed by atoms with Gasteiger partial charge >= 0.3 is 0 Å². The summed E-state index contributed by atoms with van der Waals surface area (Å²) in [4.78, 5) is 25.8. The topological polar surface area (TPSA) is 37.4 Å². The highest BCUT2D eigenvalue weighted by Crippen LogP contribution is 2.19. The molecule has 1 atom stereocenters. The highest BCUT2D eigenvalue weighted by Gasteiger charge is 2.23. The lowest BCUT2D eigenvalue weighted by Gasteiger charge is -2.28. The molecule has 0 aromatic rings. The quantitative estimate of drug-likeness (QED) is 0.476. The Morgan fingerprint density at radius 1 is 1.15 bits per heavy atom. The van der Waals surface area contributed by atoms with Crippen LogP contribution < -0.4 is 0 Å². The maximum atomic E-state index is 12.2. The van der Waals surface area contributed by atoms with E-state index in [1.165, 1.54) is 6.42 Å². The van der Waals surface area contributed by atoms with Crippen molar-refractivity contribution in [1.29, 1.82) is 0 Å². The number of nitrogens with zero attached hydrogens (tertiary/aromatic N) is 1. The highest BCUT2D eigenvalue weighted by molar-refractivity contribution is 5.85. The molecule has 3 heteroatoms. The van der Waals surface area contributed by atoms with Crippen LogP contribution in [0.4, 0.5) is 0 Å². The summed E-state index contributed by atoms with van der Waals surface area (Å²) in [5, 5.41) is 0. The fourth-order valence-corrected chi connectivity index (χ4v) is 2.79. The van der Waals surface area contributed by atoms with Crippen LogP contribution in [0.5, 0.6) is 0 Å². The number of hydrogen-bond acceptors (Lipinski definition) is 2. The SMILES string of the molecule is C=CCCCCC[C@H](CC(=O)N1CCCCC1)C(C)=O. The van der Waals surface area contributed by atoms with Crippen molar-refractivity contribution in [1.82, 2.24) is 4.90 Å². The van der Waals surface area contributed by atoms with Gasteiger partial charge in [0.2, 0.25) is 5.91 Å². The maximum absolute atomic E-state index is 12.2.